The first-order chi connectivity index (χ1) is 10.2. The number of anilines is 1. The van der Waals surface area contributed by atoms with E-state index in [1.807, 2.05) is 18.5 Å². The summed E-state index contributed by atoms with van der Waals surface area (Å²) in [6, 6.07) is 0. The molecule has 21 heavy (non-hydrogen) atoms. The van der Waals surface area contributed by atoms with Crippen LogP contribution in [0.15, 0.2) is 11.6 Å². The molecule has 0 fully saturated rings. The lowest BCUT2D eigenvalue weighted by atomic mass is 10.1. The van der Waals surface area contributed by atoms with Crippen LogP contribution in [0.2, 0.25) is 0 Å². The van der Waals surface area contributed by atoms with Crippen LogP contribution < -0.4 is 5.32 Å². The summed E-state index contributed by atoms with van der Waals surface area (Å²) in [4.78, 5) is 15.5. The summed E-state index contributed by atoms with van der Waals surface area (Å²) in [7, 11) is 1.40. The van der Waals surface area contributed by atoms with Crippen LogP contribution in [0.3, 0.4) is 0 Å². The third-order valence-corrected chi connectivity index (χ3v) is 4.05. The minimum absolute atomic E-state index is 0.201. The van der Waals surface area contributed by atoms with Crippen LogP contribution in [0, 0.1) is 6.92 Å². The van der Waals surface area contributed by atoms with Gasteiger partial charge in [0.05, 0.1) is 25.4 Å². The Hall–Kier alpha value is -1.89. The van der Waals surface area contributed by atoms with Gasteiger partial charge in [-0.25, -0.2) is 4.98 Å². The summed E-state index contributed by atoms with van der Waals surface area (Å²) in [5.74, 6) is -0.201. The van der Waals surface area contributed by atoms with Gasteiger partial charge in [0.15, 0.2) is 5.13 Å². The highest BCUT2D eigenvalue weighted by atomic mass is 32.1. The van der Waals surface area contributed by atoms with Crippen molar-refractivity contribution in [2.75, 3.05) is 19.0 Å². The first-order valence-electron chi connectivity index (χ1n) is 6.93. The molecule has 0 aliphatic rings. The number of aromatic amines is 1. The zero-order valence-electron chi connectivity index (χ0n) is 12.3. The number of nitrogens with zero attached hydrogens (tertiary/aromatic N) is 2. The molecule has 0 amide bonds. The highest BCUT2D eigenvalue weighted by Crippen LogP contribution is 2.17. The Morgan fingerprint density at radius 1 is 1.48 bits per heavy atom. The number of carbonyl (C=O) groups is 1. The van der Waals surface area contributed by atoms with Crippen LogP contribution >= 0.6 is 11.3 Å². The number of methoxy groups -OCH3 is 1. The zero-order chi connectivity index (χ0) is 15.1. The monoisotopic (exact) mass is 308 g/mol. The molecule has 0 aliphatic carbocycles. The Bertz CT molecular complexity index is 579. The summed E-state index contributed by atoms with van der Waals surface area (Å²) in [6.45, 7) is 2.90. The lowest BCUT2D eigenvalue weighted by molar-refractivity contribution is -0.140. The number of aryl methyl sites for hydroxylation is 3. The van der Waals surface area contributed by atoms with Gasteiger partial charge in [-0.2, -0.15) is 5.10 Å². The molecule has 0 unspecified atom stereocenters. The largest absolute Gasteiger partial charge is 0.469 e. The van der Waals surface area contributed by atoms with Crippen molar-refractivity contribution in [1.82, 2.24) is 15.2 Å². The molecule has 114 valence electrons. The Morgan fingerprint density at radius 2 is 2.33 bits per heavy atom. The Kier molecular flexibility index (Phi) is 5.74. The minimum Gasteiger partial charge on any atom is -0.469 e. The van der Waals surface area contributed by atoms with Gasteiger partial charge in [-0.1, -0.05) is 0 Å². The number of nitrogens with one attached hydrogen (secondary N) is 2. The molecule has 2 heterocycles. The molecule has 6 nitrogen and oxygen atoms in total. The maximum atomic E-state index is 11.1. The van der Waals surface area contributed by atoms with Gasteiger partial charge < -0.3 is 10.1 Å². The molecule has 0 bridgehead atoms. The van der Waals surface area contributed by atoms with Crippen molar-refractivity contribution >= 4 is 22.4 Å². The van der Waals surface area contributed by atoms with E-state index < -0.39 is 0 Å². The van der Waals surface area contributed by atoms with Crippen molar-refractivity contribution in [3.05, 3.63) is 28.5 Å². The summed E-state index contributed by atoms with van der Waals surface area (Å²) in [5.41, 5.74) is 3.32. The minimum atomic E-state index is -0.201. The smallest absolute Gasteiger partial charge is 0.305 e. The fourth-order valence-electron chi connectivity index (χ4n) is 1.94. The molecule has 2 aromatic rings. The predicted octanol–water partition coefficient (Wildman–Crippen LogP) is 2.32. The van der Waals surface area contributed by atoms with Gasteiger partial charge in [-0.15, -0.1) is 11.3 Å². The van der Waals surface area contributed by atoms with Gasteiger partial charge in [0.1, 0.15) is 0 Å². The van der Waals surface area contributed by atoms with Crippen LogP contribution in [0.4, 0.5) is 5.13 Å². The van der Waals surface area contributed by atoms with Crippen molar-refractivity contribution in [3.8, 4) is 0 Å². The highest BCUT2D eigenvalue weighted by molar-refractivity contribution is 7.13. The third-order valence-electron chi connectivity index (χ3n) is 3.20. The molecule has 0 aromatic carbocycles. The lowest BCUT2D eigenvalue weighted by Gasteiger charge is -2.02. The summed E-state index contributed by atoms with van der Waals surface area (Å²) in [5, 5.41) is 13.1. The second kappa shape index (κ2) is 7.78. The number of rotatable bonds is 8. The van der Waals surface area contributed by atoms with Crippen LogP contribution in [-0.2, 0) is 22.4 Å². The van der Waals surface area contributed by atoms with Gasteiger partial charge in [-0.3, -0.25) is 9.89 Å². The molecular weight excluding hydrogens is 288 g/mol. The summed E-state index contributed by atoms with van der Waals surface area (Å²) < 4.78 is 4.62. The van der Waals surface area contributed by atoms with E-state index in [0.29, 0.717) is 12.8 Å². The number of ether oxygens (including phenoxy) is 1. The normalized spacial score (nSPS) is 10.6. The topological polar surface area (TPSA) is 79.9 Å². The van der Waals surface area contributed by atoms with E-state index in [1.165, 1.54) is 12.7 Å². The van der Waals surface area contributed by atoms with E-state index in [9.17, 15) is 4.79 Å². The average Bonchev–Trinajstić information content (AvgIpc) is 3.10. The van der Waals surface area contributed by atoms with E-state index in [2.05, 4.69) is 25.2 Å². The number of aromatic nitrogens is 3. The quantitative estimate of drug-likeness (QED) is 0.578. The van der Waals surface area contributed by atoms with Crippen molar-refractivity contribution in [2.24, 2.45) is 0 Å². The Morgan fingerprint density at radius 3 is 3.05 bits per heavy atom. The second-order valence-electron chi connectivity index (χ2n) is 4.77. The van der Waals surface area contributed by atoms with Crippen molar-refractivity contribution in [2.45, 2.75) is 32.6 Å². The van der Waals surface area contributed by atoms with E-state index in [-0.39, 0.29) is 5.97 Å². The van der Waals surface area contributed by atoms with Crippen molar-refractivity contribution in [1.29, 1.82) is 0 Å². The standard InChI is InChI=1S/C14H20N4O2S/c1-10-11(8-16-18-10)4-3-7-15-14-17-12(9-21-14)5-6-13(19)20-2/h8-9H,3-7H2,1-2H3,(H,15,17)(H,16,18). The zero-order valence-corrected chi connectivity index (χ0v) is 13.1. The maximum absolute atomic E-state index is 11.1. The van der Waals surface area contributed by atoms with E-state index in [4.69, 9.17) is 0 Å². The Balaban J connectivity index is 1.68. The SMILES string of the molecule is COC(=O)CCc1csc(NCCCc2cn[nH]c2C)n1. The lowest BCUT2D eigenvalue weighted by Crippen LogP contribution is -2.04. The van der Waals surface area contributed by atoms with Crippen LogP contribution in [0.1, 0.15) is 29.8 Å². The number of hydrogen-bond acceptors (Lipinski definition) is 6. The average molecular weight is 308 g/mol. The molecular formula is C14H20N4O2S. The first kappa shape index (κ1) is 15.5. The molecule has 0 spiro atoms. The first-order valence-corrected chi connectivity index (χ1v) is 7.81. The number of hydrogen-bond donors (Lipinski definition) is 2. The predicted molar refractivity (Wildman–Crippen MR) is 82.6 cm³/mol. The third kappa shape index (κ3) is 4.86. The molecule has 0 saturated carbocycles. The summed E-state index contributed by atoms with van der Waals surface area (Å²) >= 11 is 1.57. The van der Waals surface area contributed by atoms with Crippen molar-refractivity contribution < 1.29 is 9.53 Å². The van der Waals surface area contributed by atoms with Crippen LogP contribution in [-0.4, -0.2) is 34.8 Å². The van der Waals surface area contributed by atoms with E-state index in [1.54, 1.807) is 11.3 Å². The van der Waals surface area contributed by atoms with Crippen LogP contribution in [0.25, 0.3) is 0 Å². The molecule has 2 aromatic heterocycles. The van der Waals surface area contributed by atoms with Gasteiger partial charge in [-0.05, 0) is 25.3 Å². The van der Waals surface area contributed by atoms with Gasteiger partial charge in [0.25, 0.3) is 0 Å². The Labute approximate surface area is 127 Å². The fourth-order valence-corrected chi connectivity index (χ4v) is 2.71. The molecule has 0 radical (unpaired) electrons. The van der Waals surface area contributed by atoms with Gasteiger partial charge in [0.2, 0.25) is 0 Å². The van der Waals surface area contributed by atoms with E-state index in [0.717, 1.165) is 35.9 Å². The molecule has 0 aliphatic heterocycles. The molecule has 7 heteroatoms. The number of H-pyrrole nitrogens is 1. The second-order valence-corrected chi connectivity index (χ2v) is 5.63. The van der Waals surface area contributed by atoms with E-state index >= 15 is 0 Å². The number of thiazole rings is 1. The maximum Gasteiger partial charge on any atom is 0.305 e. The van der Waals surface area contributed by atoms with Crippen molar-refractivity contribution in [3.63, 3.8) is 0 Å². The summed E-state index contributed by atoms with van der Waals surface area (Å²) in [6.07, 6.45) is 4.90. The highest BCUT2D eigenvalue weighted by Gasteiger charge is 2.06. The molecule has 2 N–H and O–H groups in total. The molecule has 0 saturated heterocycles. The fraction of sp³-hybridized carbons (Fsp3) is 0.500. The van der Waals surface area contributed by atoms with Crippen LogP contribution in [0.5, 0.6) is 0 Å². The number of carbonyl (C=O) groups excluding carboxylic acids is 1. The van der Waals surface area contributed by atoms with Gasteiger partial charge >= 0.3 is 5.97 Å². The van der Waals surface area contributed by atoms with Gasteiger partial charge in [0, 0.05) is 24.0 Å². The number of esters is 1. The molecule has 2 rings (SSSR count). The molecule has 0 atom stereocenters.